The number of carbonyl (C=O) groups is 1. The number of aryl methyl sites for hydroxylation is 1. The average molecular weight is 406 g/mol. The fraction of sp³-hybridized carbons (Fsp3) is 0.0500. The third kappa shape index (κ3) is 4.14. The van der Waals surface area contributed by atoms with Crippen LogP contribution in [0.25, 0.3) is 5.69 Å². The van der Waals surface area contributed by atoms with Crippen molar-refractivity contribution < 1.29 is 9.18 Å². The van der Waals surface area contributed by atoms with E-state index in [1.54, 1.807) is 25.3 Å². The fourth-order valence-corrected chi connectivity index (χ4v) is 3.55. The molecular formula is C20H15FN6OS. The maximum Gasteiger partial charge on any atom is 0.258 e. The van der Waals surface area contributed by atoms with E-state index >= 15 is 0 Å². The van der Waals surface area contributed by atoms with Gasteiger partial charge in [-0.3, -0.25) is 4.79 Å². The number of carbonyl (C=O) groups excluding carboxylic acids is 1. The molecule has 4 rings (SSSR count). The molecule has 0 spiro atoms. The van der Waals surface area contributed by atoms with Crippen molar-refractivity contribution in [1.82, 2.24) is 25.2 Å². The third-order valence-electron chi connectivity index (χ3n) is 4.04. The zero-order valence-corrected chi connectivity index (χ0v) is 16.1. The Morgan fingerprint density at radius 2 is 1.93 bits per heavy atom. The third-order valence-corrected chi connectivity index (χ3v) is 5.07. The molecule has 0 bridgehead atoms. The second-order valence-electron chi connectivity index (χ2n) is 6.03. The van der Waals surface area contributed by atoms with Crippen LogP contribution in [0.3, 0.4) is 0 Å². The van der Waals surface area contributed by atoms with Crippen molar-refractivity contribution in [2.45, 2.75) is 16.8 Å². The van der Waals surface area contributed by atoms with Crippen molar-refractivity contribution >= 4 is 23.4 Å². The summed E-state index contributed by atoms with van der Waals surface area (Å²) in [5, 5.41) is 14.4. The van der Waals surface area contributed by atoms with Gasteiger partial charge in [-0.15, -0.1) is 5.10 Å². The van der Waals surface area contributed by atoms with Crippen molar-refractivity contribution in [3.8, 4) is 5.69 Å². The van der Waals surface area contributed by atoms with Gasteiger partial charge in [0.05, 0.1) is 16.9 Å². The molecule has 0 unspecified atom stereocenters. The molecule has 2 aromatic carbocycles. The first-order valence-electron chi connectivity index (χ1n) is 8.66. The Balaban J connectivity index is 1.61. The molecule has 1 amide bonds. The van der Waals surface area contributed by atoms with E-state index in [1.807, 2.05) is 30.3 Å². The minimum absolute atomic E-state index is 0.0296. The van der Waals surface area contributed by atoms with Gasteiger partial charge in [-0.05, 0) is 59.8 Å². The van der Waals surface area contributed by atoms with Gasteiger partial charge in [-0.2, -0.15) is 4.68 Å². The quantitative estimate of drug-likeness (QED) is 0.541. The SMILES string of the molecule is Cc1nnnn1-c1ccc(F)c(NC(=O)c2cccnc2Sc2ccccc2)c1. The zero-order chi connectivity index (χ0) is 20.2. The Bertz CT molecular complexity index is 1160. The highest BCUT2D eigenvalue weighted by Gasteiger charge is 2.16. The van der Waals surface area contributed by atoms with Crippen molar-refractivity contribution in [3.05, 3.63) is 84.1 Å². The molecule has 4 aromatic rings. The topological polar surface area (TPSA) is 85.6 Å². The fourth-order valence-electron chi connectivity index (χ4n) is 2.65. The predicted molar refractivity (Wildman–Crippen MR) is 107 cm³/mol. The van der Waals surface area contributed by atoms with Crippen LogP contribution in [0.4, 0.5) is 10.1 Å². The summed E-state index contributed by atoms with van der Waals surface area (Å²) < 4.78 is 15.8. The summed E-state index contributed by atoms with van der Waals surface area (Å²) in [6.45, 7) is 1.73. The van der Waals surface area contributed by atoms with E-state index in [4.69, 9.17) is 0 Å². The molecule has 0 aliphatic carbocycles. The largest absolute Gasteiger partial charge is 0.319 e. The second-order valence-corrected chi connectivity index (χ2v) is 7.09. The number of halogens is 1. The van der Waals surface area contributed by atoms with Crippen LogP contribution in [0.1, 0.15) is 16.2 Å². The molecule has 0 radical (unpaired) electrons. The van der Waals surface area contributed by atoms with Gasteiger partial charge in [-0.1, -0.05) is 30.0 Å². The molecule has 0 aliphatic heterocycles. The number of benzene rings is 2. The number of rotatable bonds is 5. The maximum atomic E-state index is 14.3. The first kappa shape index (κ1) is 18.8. The Morgan fingerprint density at radius 1 is 1.10 bits per heavy atom. The summed E-state index contributed by atoms with van der Waals surface area (Å²) in [4.78, 5) is 18.1. The summed E-state index contributed by atoms with van der Waals surface area (Å²) in [7, 11) is 0. The molecule has 0 saturated carbocycles. The standard InChI is InChI=1S/C20H15FN6OS/c1-13-24-25-26-27(13)14-9-10-17(21)18(12-14)23-19(28)16-8-5-11-22-20(16)29-15-6-3-2-4-7-15/h2-12H,1H3,(H,23,28). The Morgan fingerprint density at radius 3 is 2.69 bits per heavy atom. The molecule has 7 nitrogen and oxygen atoms in total. The molecule has 0 atom stereocenters. The minimum Gasteiger partial charge on any atom is -0.319 e. The number of anilines is 1. The molecule has 2 heterocycles. The van der Waals surface area contributed by atoms with Gasteiger partial charge >= 0.3 is 0 Å². The van der Waals surface area contributed by atoms with Crippen LogP contribution in [0.2, 0.25) is 0 Å². The smallest absolute Gasteiger partial charge is 0.258 e. The molecule has 0 aliphatic rings. The van der Waals surface area contributed by atoms with E-state index < -0.39 is 11.7 Å². The van der Waals surface area contributed by atoms with Crippen LogP contribution < -0.4 is 5.32 Å². The van der Waals surface area contributed by atoms with Crippen molar-refractivity contribution in [2.75, 3.05) is 5.32 Å². The second kappa shape index (κ2) is 8.19. The van der Waals surface area contributed by atoms with E-state index in [0.717, 1.165) is 4.90 Å². The van der Waals surface area contributed by atoms with Gasteiger partial charge in [-0.25, -0.2) is 9.37 Å². The van der Waals surface area contributed by atoms with Crippen LogP contribution in [0.5, 0.6) is 0 Å². The van der Waals surface area contributed by atoms with Gasteiger partial charge in [0.1, 0.15) is 10.8 Å². The first-order chi connectivity index (χ1) is 14.1. The highest BCUT2D eigenvalue weighted by Crippen LogP contribution is 2.29. The lowest BCUT2D eigenvalue weighted by atomic mass is 10.2. The normalized spacial score (nSPS) is 10.7. The number of nitrogens with zero attached hydrogens (tertiary/aromatic N) is 5. The van der Waals surface area contributed by atoms with E-state index in [2.05, 4.69) is 25.8 Å². The molecule has 1 N–H and O–H groups in total. The molecule has 0 saturated heterocycles. The lowest BCUT2D eigenvalue weighted by molar-refractivity contribution is 0.102. The van der Waals surface area contributed by atoms with Crippen LogP contribution >= 0.6 is 11.8 Å². The molecular weight excluding hydrogens is 391 g/mol. The summed E-state index contributed by atoms with van der Waals surface area (Å²) in [6.07, 6.45) is 1.61. The summed E-state index contributed by atoms with van der Waals surface area (Å²) >= 11 is 1.36. The highest BCUT2D eigenvalue weighted by molar-refractivity contribution is 7.99. The van der Waals surface area contributed by atoms with Crippen molar-refractivity contribution in [3.63, 3.8) is 0 Å². The number of amides is 1. The lowest BCUT2D eigenvalue weighted by Gasteiger charge is -2.11. The molecule has 144 valence electrons. The molecule has 9 heteroatoms. The average Bonchev–Trinajstić information content (AvgIpc) is 3.17. The lowest BCUT2D eigenvalue weighted by Crippen LogP contribution is -2.15. The molecule has 0 fully saturated rings. The number of pyridine rings is 1. The Hall–Kier alpha value is -3.59. The summed E-state index contributed by atoms with van der Waals surface area (Å²) in [6, 6.07) is 17.2. The van der Waals surface area contributed by atoms with Crippen molar-refractivity contribution in [1.29, 1.82) is 0 Å². The van der Waals surface area contributed by atoms with Crippen LogP contribution in [0, 0.1) is 12.7 Å². The number of tetrazole rings is 1. The van der Waals surface area contributed by atoms with E-state index in [-0.39, 0.29) is 5.69 Å². The Kier molecular flexibility index (Phi) is 5.30. The van der Waals surface area contributed by atoms with Gasteiger partial charge in [0, 0.05) is 11.1 Å². The number of aromatic nitrogens is 5. The summed E-state index contributed by atoms with van der Waals surface area (Å²) in [5.41, 5.74) is 0.918. The van der Waals surface area contributed by atoms with Crippen LogP contribution in [-0.4, -0.2) is 31.1 Å². The van der Waals surface area contributed by atoms with Gasteiger partial charge in [0.2, 0.25) is 0 Å². The predicted octanol–water partition coefficient (Wildman–Crippen LogP) is 3.91. The van der Waals surface area contributed by atoms with Gasteiger partial charge in [0.15, 0.2) is 5.82 Å². The van der Waals surface area contributed by atoms with E-state index in [1.165, 1.54) is 34.6 Å². The van der Waals surface area contributed by atoms with Crippen LogP contribution in [-0.2, 0) is 0 Å². The van der Waals surface area contributed by atoms with Crippen molar-refractivity contribution in [2.24, 2.45) is 0 Å². The first-order valence-corrected chi connectivity index (χ1v) is 9.47. The number of nitrogens with one attached hydrogen (secondary N) is 1. The molecule has 29 heavy (non-hydrogen) atoms. The summed E-state index contributed by atoms with van der Waals surface area (Å²) in [5.74, 6) is -0.474. The van der Waals surface area contributed by atoms with Gasteiger partial charge < -0.3 is 5.32 Å². The zero-order valence-electron chi connectivity index (χ0n) is 15.3. The Labute approximate surface area is 170 Å². The van der Waals surface area contributed by atoms with E-state index in [0.29, 0.717) is 22.1 Å². The number of hydrogen-bond donors (Lipinski definition) is 1. The van der Waals surface area contributed by atoms with Crippen LogP contribution in [0.15, 0.2) is 76.8 Å². The number of hydrogen-bond acceptors (Lipinski definition) is 6. The monoisotopic (exact) mass is 406 g/mol. The van der Waals surface area contributed by atoms with E-state index in [9.17, 15) is 9.18 Å². The van der Waals surface area contributed by atoms with Gasteiger partial charge in [0.25, 0.3) is 5.91 Å². The maximum absolute atomic E-state index is 14.3. The minimum atomic E-state index is -0.561. The molecule has 2 aromatic heterocycles. The highest BCUT2D eigenvalue weighted by atomic mass is 32.2.